The van der Waals surface area contributed by atoms with Crippen LogP contribution in [0.3, 0.4) is 0 Å². The molecule has 0 atom stereocenters. The van der Waals surface area contributed by atoms with E-state index in [9.17, 15) is 0 Å². The highest BCUT2D eigenvalue weighted by molar-refractivity contribution is 6.31. The van der Waals surface area contributed by atoms with E-state index in [-0.39, 0.29) is 18.3 Å². The standard InChI is InChI=1S/C65H47N.C38H25Cl.C27H23N.CH4/c1-63(2)55-28-14-12-26-51(55)53-40-38-50(43-62(53)63)66(48-36-34-45(35-37-48)44-20-6-3-7-21-44)49-39-41-57-54(42-49)52-27-13-15-29-56(52)65(57)60-32-18-16-30-58(60)64(46-22-8-4-9-23-46,47-24-10-5-11-25-47)59-31-17-19-33-61(59)65;39-28-23-24-32-30(25-28)29-17-7-8-18-31(29)38(32)35-21-11-9-19-33(35)37(26-13-3-1-4-14-26,27-15-5-2-6-16-27)34-20-10-12-22-36(34)38;1-27(2)25-11-7-6-10-23(25)24-17-16-22(18-26(24)27)28-21-14-12-20(13-15-21)19-8-4-3-5-9-19;/h3-43H,1-2H3;1-25H;3-18,28H,1-2H3;1H4. The molecule has 0 saturated carbocycles. The molecule has 0 saturated heterocycles. The number of halogens is 1. The highest BCUT2D eigenvalue weighted by atomic mass is 35.5. The first-order chi connectivity index (χ1) is 65.4. The Morgan fingerprint density at radius 3 is 0.828 bits per heavy atom. The molecule has 0 heterocycles. The monoisotopic (exact) mass is 1730 g/mol. The van der Waals surface area contributed by atoms with Crippen LogP contribution in [0, 0.1) is 0 Å². The Balaban J connectivity index is 0.000000126. The van der Waals surface area contributed by atoms with Crippen LogP contribution in [0.15, 0.2) is 497 Å². The first-order valence-electron chi connectivity index (χ1n) is 46.5. The molecule has 0 bridgehead atoms. The van der Waals surface area contributed by atoms with Crippen LogP contribution < -0.4 is 10.2 Å². The van der Waals surface area contributed by atoms with Crippen LogP contribution in [0.4, 0.5) is 28.4 Å². The van der Waals surface area contributed by atoms with Gasteiger partial charge >= 0.3 is 0 Å². The first kappa shape index (κ1) is 82.7. The minimum absolute atomic E-state index is 0. The molecule has 6 aliphatic rings. The molecule has 2 spiro atoms. The largest absolute Gasteiger partial charge is 0.356 e. The molecule has 20 aromatic carbocycles. The summed E-state index contributed by atoms with van der Waals surface area (Å²) in [4.78, 5) is 2.47. The number of hydrogen-bond donors (Lipinski definition) is 1. The summed E-state index contributed by atoms with van der Waals surface area (Å²) in [7, 11) is 0. The van der Waals surface area contributed by atoms with E-state index in [1.54, 1.807) is 0 Å². The van der Waals surface area contributed by atoms with E-state index in [0.29, 0.717) is 0 Å². The number of nitrogens with one attached hydrogen (secondary N) is 1. The number of nitrogens with zero attached hydrogens (tertiary/aromatic N) is 1. The third kappa shape index (κ3) is 12.5. The van der Waals surface area contributed by atoms with Gasteiger partial charge in [-0.05, 0) is 251 Å². The van der Waals surface area contributed by atoms with Crippen LogP contribution in [0.1, 0.15) is 146 Å². The second-order valence-corrected chi connectivity index (χ2v) is 37.7. The van der Waals surface area contributed by atoms with Gasteiger partial charge in [-0.3, -0.25) is 0 Å². The van der Waals surface area contributed by atoms with Gasteiger partial charge in [0.25, 0.3) is 0 Å². The third-order valence-corrected chi connectivity index (χ3v) is 30.2. The van der Waals surface area contributed by atoms with Crippen molar-refractivity contribution in [3.63, 3.8) is 0 Å². The summed E-state index contributed by atoms with van der Waals surface area (Å²) in [6.45, 7) is 9.37. The van der Waals surface area contributed by atoms with Crippen LogP contribution in [0.5, 0.6) is 0 Å². The maximum absolute atomic E-state index is 6.62. The molecule has 20 aromatic rings. The number of fused-ring (bicyclic) bond motifs is 24. The lowest BCUT2D eigenvalue weighted by Crippen LogP contribution is -2.44. The second-order valence-electron chi connectivity index (χ2n) is 37.3. The van der Waals surface area contributed by atoms with Gasteiger partial charge < -0.3 is 10.2 Å². The Hall–Kier alpha value is -15.7. The summed E-state index contributed by atoms with van der Waals surface area (Å²) in [5, 5.41) is 4.34. The average molecular weight is 1740 g/mol. The van der Waals surface area contributed by atoms with E-state index in [0.717, 1.165) is 33.5 Å². The molecule has 6 aliphatic carbocycles. The van der Waals surface area contributed by atoms with Gasteiger partial charge in [-0.25, -0.2) is 0 Å². The minimum Gasteiger partial charge on any atom is -0.356 e. The lowest BCUT2D eigenvalue weighted by Gasteiger charge is -2.50. The van der Waals surface area contributed by atoms with Crippen LogP contribution in [0.25, 0.3) is 66.8 Å². The molecular formula is C131H99ClN2. The van der Waals surface area contributed by atoms with Gasteiger partial charge in [0.05, 0.1) is 21.7 Å². The normalized spacial score (nSPS) is 14.6. The molecule has 0 radical (unpaired) electrons. The van der Waals surface area contributed by atoms with Crippen molar-refractivity contribution in [2.75, 3.05) is 10.2 Å². The van der Waals surface area contributed by atoms with Crippen LogP contribution >= 0.6 is 11.6 Å². The molecule has 0 fully saturated rings. The predicted molar refractivity (Wildman–Crippen MR) is 560 cm³/mol. The summed E-state index contributed by atoms with van der Waals surface area (Å²) in [6, 6.07) is 183. The highest BCUT2D eigenvalue weighted by Crippen LogP contribution is 2.68. The van der Waals surface area contributed by atoms with Crippen molar-refractivity contribution < 1.29 is 0 Å². The zero-order valence-corrected chi connectivity index (χ0v) is 75.4. The molecule has 640 valence electrons. The van der Waals surface area contributed by atoms with Crippen LogP contribution in [0.2, 0.25) is 5.02 Å². The van der Waals surface area contributed by atoms with Gasteiger partial charge in [-0.2, -0.15) is 0 Å². The zero-order valence-electron chi connectivity index (χ0n) is 74.7. The Morgan fingerprint density at radius 2 is 0.433 bits per heavy atom. The second kappa shape index (κ2) is 32.7. The lowest BCUT2D eigenvalue weighted by molar-refractivity contribution is 0.623. The smallest absolute Gasteiger partial charge is 0.0720 e. The van der Waals surface area contributed by atoms with Crippen LogP contribution in [-0.2, 0) is 32.5 Å². The lowest BCUT2D eigenvalue weighted by atomic mass is 9.51. The topological polar surface area (TPSA) is 15.3 Å². The highest BCUT2D eigenvalue weighted by Gasteiger charge is 2.59. The maximum Gasteiger partial charge on any atom is 0.0720 e. The van der Waals surface area contributed by atoms with Crippen molar-refractivity contribution in [3.05, 3.63) is 614 Å². The van der Waals surface area contributed by atoms with Gasteiger partial charge in [0.1, 0.15) is 0 Å². The van der Waals surface area contributed by atoms with Crippen molar-refractivity contribution in [2.24, 2.45) is 0 Å². The Bertz CT molecular complexity index is 7710. The number of benzene rings is 20. The van der Waals surface area contributed by atoms with E-state index >= 15 is 0 Å². The van der Waals surface area contributed by atoms with E-state index in [1.807, 2.05) is 6.07 Å². The van der Waals surface area contributed by atoms with E-state index in [1.165, 1.54) is 178 Å². The maximum atomic E-state index is 6.62. The van der Waals surface area contributed by atoms with Crippen molar-refractivity contribution in [1.82, 2.24) is 0 Å². The summed E-state index contributed by atoms with van der Waals surface area (Å²) in [5.41, 5.74) is 45.2. The minimum atomic E-state index is -0.559. The fraction of sp³-hybridized carbons (Fsp3) is 0.0840. The van der Waals surface area contributed by atoms with E-state index in [2.05, 4.69) is 529 Å². The summed E-state index contributed by atoms with van der Waals surface area (Å²) in [6.07, 6.45) is 0. The quantitative estimate of drug-likeness (QED) is 0.139. The Kier molecular flexibility index (Phi) is 20.2. The zero-order chi connectivity index (χ0) is 89.2. The molecule has 0 aliphatic heterocycles. The summed E-state index contributed by atoms with van der Waals surface area (Å²) in [5.74, 6) is 0. The molecule has 0 amide bonds. The van der Waals surface area contributed by atoms with Crippen molar-refractivity contribution >= 4 is 40.0 Å². The average Bonchev–Trinajstić information content (AvgIpc) is 1.37. The molecule has 0 unspecified atom stereocenters. The fourth-order valence-corrected chi connectivity index (χ4v) is 24.5. The fourth-order valence-electron chi connectivity index (χ4n) is 24.3. The molecule has 134 heavy (non-hydrogen) atoms. The van der Waals surface area contributed by atoms with Gasteiger partial charge in [-0.1, -0.05) is 471 Å². The molecular weight excluding hydrogens is 1640 g/mol. The summed E-state index contributed by atoms with van der Waals surface area (Å²) >= 11 is 6.62. The van der Waals surface area contributed by atoms with Gasteiger partial charge in [0.15, 0.2) is 0 Å². The van der Waals surface area contributed by atoms with E-state index in [4.69, 9.17) is 11.6 Å². The molecule has 26 rings (SSSR count). The Morgan fingerprint density at radius 1 is 0.179 bits per heavy atom. The molecule has 2 nitrogen and oxygen atoms in total. The molecule has 1 N–H and O–H groups in total. The number of rotatable bonds is 11. The Labute approximate surface area is 792 Å². The van der Waals surface area contributed by atoms with E-state index < -0.39 is 21.7 Å². The van der Waals surface area contributed by atoms with Crippen molar-refractivity contribution in [1.29, 1.82) is 0 Å². The van der Waals surface area contributed by atoms with Gasteiger partial charge in [-0.15, -0.1) is 0 Å². The summed E-state index contributed by atoms with van der Waals surface area (Å²) < 4.78 is 0. The molecule has 0 aromatic heterocycles. The van der Waals surface area contributed by atoms with Crippen molar-refractivity contribution in [3.8, 4) is 66.8 Å². The predicted octanol–water partition coefficient (Wildman–Crippen LogP) is 33.6. The number of anilines is 5. The SMILES string of the molecule is C.CC1(C)c2ccccc2-c2ccc(N(c3ccc(-c4ccccc4)cc3)c3ccc4c(c3)-c3ccccc3C43c4ccccc4C(c4ccccc4)(c4ccccc4)c4ccccc43)cc21.CC1(C)c2ccccc2-c2ccc(Nc3ccc(-c4ccccc4)cc3)cc21.Clc1ccc2c(c1)-c1ccccc1C21c2ccccc2C(c2ccccc2)(c2ccccc2)c2ccccc21. The molecule has 3 heteroatoms. The third-order valence-electron chi connectivity index (χ3n) is 30.0. The first-order valence-corrected chi connectivity index (χ1v) is 46.9. The van der Waals surface area contributed by atoms with Crippen LogP contribution in [-0.4, -0.2) is 0 Å². The van der Waals surface area contributed by atoms with Gasteiger partial charge in [0.2, 0.25) is 0 Å². The number of hydrogen-bond acceptors (Lipinski definition) is 2. The van der Waals surface area contributed by atoms with Crippen molar-refractivity contribution in [2.45, 2.75) is 67.6 Å². The van der Waals surface area contributed by atoms with Gasteiger partial charge in [0, 0.05) is 44.3 Å².